The normalized spacial score (nSPS) is 18.5. The molecule has 0 saturated carbocycles. The molecule has 1 aromatic heterocycles. The van der Waals surface area contributed by atoms with Crippen LogP contribution in [0.3, 0.4) is 0 Å². The van der Waals surface area contributed by atoms with Gasteiger partial charge in [0.1, 0.15) is 0 Å². The molecule has 1 aliphatic heterocycles. The Kier molecular flexibility index (Phi) is 4.97. The molecule has 1 atom stereocenters. The predicted octanol–water partition coefficient (Wildman–Crippen LogP) is 2.81. The van der Waals surface area contributed by atoms with Crippen LogP contribution >= 0.6 is 23.7 Å². The van der Waals surface area contributed by atoms with Crippen LogP contribution in [0.15, 0.2) is 18.2 Å². The second kappa shape index (κ2) is 6.55. The molecule has 114 valence electrons. The van der Waals surface area contributed by atoms with Gasteiger partial charge in [-0.1, -0.05) is 11.3 Å². The van der Waals surface area contributed by atoms with Gasteiger partial charge in [-0.25, -0.2) is 4.98 Å². The maximum absolute atomic E-state index is 10.8. The Morgan fingerprint density at radius 1 is 1.52 bits per heavy atom. The number of nitrogens with one attached hydrogen (secondary N) is 1. The lowest BCUT2D eigenvalue weighted by atomic mass is 10.1. The zero-order chi connectivity index (χ0) is 14.1. The van der Waals surface area contributed by atoms with Gasteiger partial charge < -0.3 is 10.2 Å². The summed E-state index contributed by atoms with van der Waals surface area (Å²) in [6, 6.07) is 5.37. The molecule has 6 nitrogen and oxygen atoms in total. The third-order valence-electron chi connectivity index (χ3n) is 3.67. The van der Waals surface area contributed by atoms with Crippen molar-refractivity contribution < 1.29 is 4.92 Å². The summed E-state index contributed by atoms with van der Waals surface area (Å²) < 4.78 is 0.997. The number of nitro groups is 1. The average molecular weight is 329 g/mol. The quantitative estimate of drug-likeness (QED) is 0.693. The second-order valence-electron chi connectivity index (χ2n) is 4.98. The van der Waals surface area contributed by atoms with Gasteiger partial charge in [0.05, 0.1) is 15.1 Å². The first-order chi connectivity index (χ1) is 9.67. The number of nitrogens with zero attached hydrogens (tertiary/aromatic N) is 3. The fourth-order valence-electron chi connectivity index (χ4n) is 2.54. The van der Waals surface area contributed by atoms with Crippen LogP contribution < -0.4 is 10.2 Å². The zero-order valence-electron chi connectivity index (χ0n) is 11.6. The third-order valence-corrected chi connectivity index (χ3v) is 4.77. The lowest BCUT2D eigenvalue weighted by Gasteiger charge is -2.32. The molecule has 2 heterocycles. The topological polar surface area (TPSA) is 71.3 Å². The molecule has 1 N–H and O–H groups in total. The third kappa shape index (κ3) is 3.25. The molecule has 0 amide bonds. The van der Waals surface area contributed by atoms with Gasteiger partial charge in [0.15, 0.2) is 5.13 Å². The van der Waals surface area contributed by atoms with Gasteiger partial charge in [-0.05, 0) is 26.0 Å². The van der Waals surface area contributed by atoms with Crippen LogP contribution in [0.25, 0.3) is 10.2 Å². The first-order valence-corrected chi connectivity index (χ1v) is 7.46. The number of hydrogen-bond acceptors (Lipinski definition) is 6. The number of likely N-dealkylation sites (N-methyl/N-ethyl adjacent to an activating group) is 1. The molecule has 21 heavy (non-hydrogen) atoms. The summed E-state index contributed by atoms with van der Waals surface area (Å²) in [7, 11) is 1.98. The van der Waals surface area contributed by atoms with Crippen LogP contribution in [0.1, 0.15) is 12.8 Å². The van der Waals surface area contributed by atoms with E-state index in [9.17, 15) is 10.1 Å². The molecule has 3 rings (SSSR count). The molecule has 1 aliphatic rings. The van der Waals surface area contributed by atoms with Gasteiger partial charge in [-0.2, -0.15) is 0 Å². The largest absolute Gasteiger partial charge is 0.347 e. The number of hydrogen-bond donors (Lipinski definition) is 1. The average Bonchev–Trinajstić information content (AvgIpc) is 2.90. The van der Waals surface area contributed by atoms with Gasteiger partial charge in [0.25, 0.3) is 5.69 Å². The monoisotopic (exact) mass is 328 g/mol. The Hall–Kier alpha value is -1.44. The highest BCUT2D eigenvalue weighted by Crippen LogP contribution is 2.32. The number of anilines is 1. The minimum absolute atomic E-state index is 0. The van der Waals surface area contributed by atoms with Crippen LogP contribution in [-0.2, 0) is 0 Å². The van der Waals surface area contributed by atoms with Crippen molar-refractivity contribution in [3.8, 4) is 0 Å². The van der Waals surface area contributed by atoms with E-state index in [-0.39, 0.29) is 23.0 Å². The van der Waals surface area contributed by atoms with E-state index in [1.54, 1.807) is 23.5 Å². The maximum Gasteiger partial charge on any atom is 0.271 e. The minimum Gasteiger partial charge on any atom is -0.347 e. The molecular weight excluding hydrogens is 312 g/mol. The number of rotatable bonds is 3. The van der Waals surface area contributed by atoms with Crippen molar-refractivity contribution in [2.24, 2.45) is 0 Å². The summed E-state index contributed by atoms with van der Waals surface area (Å²) in [5, 5.41) is 15.1. The standard InChI is InChI=1S/C13H16N4O2S.ClH/c1-14-9-3-2-6-16(8-9)13-15-11-7-10(17(18)19)4-5-12(11)20-13;/h4-5,7,9,14H,2-3,6,8H2,1H3;1H. The van der Waals surface area contributed by atoms with E-state index in [1.165, 1.54) is 12.5 Å². The van der Waals surface area contributed by atoms with Crippen molar-refractivity contribution in [3.05, 3.63) is 28.3 Å². The molecule has 0 radical (unpaired) electrons. The molecule has 2 aromatic rings. The maximum atomic E-state index is 10.8. The summed E-state index contributed by atoms with van der Waals surface area (Å²) in [5.74, 6) is 0. The molecule has 0 aliphatic carbocycles. The van der Waals surface area contributed by atoms with Gasteiger partial charge in [0.2, 0.25) is 0 Å². The highest BCUT2D eigenvalue weighted by molar-refractivity contribution is 7.22. The van der Waals surface area contributed by atoms with E-state index >= 15 is 0 Å². The number of thiazole rings is 1. The highest BCUT2D eigenvalue weighted by atomic mass is 35.5. The van der Waals surface area contributed by atoms with E-state index in [0.717, 1.165) is 29.3 Å². The van der Waals surface area contributed by atoms with Crippen LogP contribution in [0.5, 0.6) is 0 Å². The molecule has 8 heteroatoms. The van der Waals surface area contributed by atoms with Crippen LogP contribution in [0.2, 0.25) is 0 Å². The first-order valence-electron chi connectivity index (χ1n) is 6.64. The Morgan fingerprint density at radius 2 is 2.33 bits per heavy atom. The summed E-state index contributed by atoms with van der Waals surface area (Å²) in [6.07, 6.45) is 2.32. The van der Waals surface area contributed by atoms with E-state index in [4.69, 9.17) is 0 Å². The van der Waals surface area contributed by atoms with Crippen LogP contribution in [0.4, 0.5) is 10.8 Å². The number of non-ortho nitro benzene ring substituents is 1. The second-order valence-corrected chi connectivity index (χ2v) is 5.99. The number of aromatic nitrogens is 1. The highest BCUT2D eigenvalue weighted by Gasteiger charge is 2.21. The SMILES string of the molecule is CNC1CCCN(c2nc3cc([N+](=O)[O-])ccc3s2)C1.Cl. The van der Waals surface area contributed by atoms with Crippen molar-refractivity contribution in [3.63, 3.8) is 0 Å². The van der Waals surface area contributed by atoms with Gasteiger partial charge >= 0.3 is 0 Å². The fourth-order valence-corrected chi connectivity index (χ4v) is 3.52. The summed E-state index contributed by atoms with van der Waals surface area (Å²) >= 11 is 1.60. The van der Waals surface area contributed by atoms with Gasteiger partial charge in [-0.15, -0.1) is 12.4 Å². The van der Waals surface area contributed by atoms with E-state index in [1.807, 2.05) is 7.05 Å². The van der Waals surface area contributed by atoms with Crippen molar-refractivity contribution >= 4 is 44.8 Å². The van der Waals surface area contributed by atoms with E-state index in [2.05, 4.69) is 15.2 Å². The molecular formula is C13H17ClN4O2S. The Bertz CT molecular complexity index is 648. The molecule has 1 saturated heterocycles. The van der Waals surface area contributed by atoms with E-state index in [0.29, 0.717) is 11.6 Å². The molecule has 1 aromatic carbocycles. The van der Waals surface area contributed by atoms with Gasteiger partial charge in [0, 0.05) is 31.3 Å². The first kappa shape index (κ1) is 15.9. The van der Waals surface area contributed by atoms with Crippen molar-refractivity contribution in [2.75, 3.05) is 25.0 Å². The molecule has 1 unspecified atom stereocenters. The number of fused-ring (bicyclic) bond motifs is 1. The molecule has 1 fully saturated rings. The van der Waals surface area contributed by atoms with Crippen molar-refractivity contribution in [1.29, 1.82) is 0 Å². The fraction of sp³-hybridized carbons (Fsp3) is 0.462. The van der Waals surface area contributed by atoms with Crippen molar-refractivity contribution in [1.82, 2.24) is 10.3 Å². The Morgan fingerprint density at radius 3 is 3.05 bits per heavy atom. The lowest BCUT2D eigenvalue weighted by molar-refractivity contribution is -0.384. The zero-order valence-corrected chi connectivity index (χ0v) is 13.2. The van der Waals surface area contributed by atoms with Gasteiger partial charge in [-0.3, -0.25) is 10.1 Å². The lowest BCUT2D eigenvalue weighted by Crippen LogP contribution is -2.44. The van der Waals surface area contributed by atoms with Crippen LogP contribution in [-0.4, -0.2) is 36.1 Å². The number of nitro benzene ring substituents is 1. The predicted molar refractivity (Wildman–Crippen MR) is 87.8 cm³/mol. The smallest absolute Gasteiger partial charge is 0.271 e. The van der Waals surface area contributed by atoms with E-state index < -0.39 is 0 Å². The Balaban J connectivity index is 0.00000161. The summed E-state index contributed by atoms with van der Waals surface area (Å²) in [6.45, 7) is 1.94. The van der Waals surface area contributed by atoms with Crippen molar-refractivity contribution in [2.45, 2.75) is 18.9 Å². The Labute approximate surface area is 132 Å². The van der Waals surface area contributed by atoms with Crippen LogP contribution in [0, 0.1) is 10.1 Å². The number of piperidine rings is 1. The number of halogens is 1. The molecule has 0 bridgehead atoms. The minimum atomic E-state index is -0.379. The summed E-state index contributed by atoms with van der Waals surface area (Å²) in [5.41, 5.74) is 0.812. The number of benzene rings is 1. The summed E-state index contributed by atoms with van der Waals surface area (Å²) in [4.78, 5) is 17.2. The molecule has 0 spiro atoms.